The SMILES string of the molecule is CCOc1cc(Br)c(CNc2ccc(C)c(C)c2)cc1OCC. The summed E-state index contributed by atoms with van der Waals surface area (Å²) in [5, 5.41) is 3.46. The van der Waals surface area contributed by atoms with Crippen LogP contribution in [0.5, 0.6) is 11.5 Å². The van der Waals surface area contributed by atoms with Gasteiger partial charge in [-0.3, -0.25) is 0 Å². The molecule has 0 heterocycles. The maximum absolute atomic E-state index is 5.70. The van der Waals surface area contributed by atoms with Gasteiger partial charge in [-0.15, -0.1) is 0 Å². The number of hydrogen-bond acceptors (Lipinski definition) is 3. The molecule has 0 aliphatic heterocycles. The van der Waals surface area contributed by atoms with Crippen LogP contribution in [0.1, 0.15) is 30.5 Å². The summed E-state index contributed by atoms with van der Waals surface area (Å²) < 4.78 is 12.4. The molecule has 0 fully saturated rings. The standard InChI is InChI=1S/C19H24BrNO2/c1-5-22-18-10-15(17(20)11-19(18)23-6-2)12-21-16-8-7-13(3)14(4)9-16/h7-11,21H,5-6,12H2,1-4H3. The van der Waals surface area contributed by atoms with Gasteiger partial charge in [0.15, 0.2) is 11.5 Å². The number of hydrogen-bond donors (Lipinski definition) is 1. The predicted octanol–water partition coefficient (Wildman–Crippen LogP) is 5.48. The molecule has 0 saturated heterocycles. The predicted molar refractivity (Wildman–Crippen MR) is 99.7 cm³/mol. The van der Waals surface area contributed by atoms with Crippen LogP contribution in [0, 0.1) is 13.8 Å². The molecule has 0 amide bonds. The fraction of sp³-hybridized carbons (Fsp3) is 0.368. The fourth-order valence-corrected chi connectivity index (χ4v) is 2.76. The van der Waals surface area contributed by atoms with Gasteiger partial charge in [0.1, 0.15) is 0 Å². The maximum atomic E-state index is 5.70. The van der Waals surface area contributed by atoms with E-state index >= 15 is 0 Å². The molecule has 0 aromatic heterocycles. The Labute approximate surface area is 147 Å². The van der Waals surface area contributed by atoms with Gasteiger partial charge in [-0.1, -0.05) is 22.0 Å². The molecule has 1 N–H and O–H groups in total. The molecule has 0 bridgehead atoms. The maximum Gasteiger partial charge on any atom is 0.162 e. The Morgan fingerprint density at radius 3 is 2.17 bits per heavy atom. The van der Waals surface area contributed by atoms with Crippen molar-refractivity contribution in [2.24, 2.45) is 0 Å². The van der Waals surface area contributed by atoms with Crippen LogP contribution in [-0.2, 0) is 6.54 Å². The van der Waals surface area contributed by atoms with Crippen LogP contribution in [0.3, 0.4) is 0 Å². The zero-order valence-electron chi connectivity index (χ0n) is 14.2. The molecule has 0 aliphatic carbocycles. The minimum atomic E-state index is 0.617. The highest BCUT2D eigenvalue weighted by atomic mass is 79.9. The third-order valence-electron chi connectivity index (χ3n) is 3.70. The topological polar surface area (TPSA) is 30.5 Å². The van der Waals surface area contributed by atoms with E-state index in [0.29, 0.717) is 13.2 Å². The largest absolute Gasteiger partial charge is 0.490 e. The Kier molecular flexibility index (Phi) is 6.34. The molecule has 2 rings (SSSR count). The van der Waals surface area contributed by atoms with E-state index < -0.39 is 0 Å². The van der Waals surface area contributed by atoms with E-state index in [-0.39, 0.29) is 0 Å². The Balaban J connectivity index is 2.18. The highest BCUT2D eigenvalue weighted by Gasteiger charge is 2.10. The summed E-state index contributed by atoms with van der Waals surface area (Å²) in [6, 6.07) is 10.4. The van der Waals surface area contributed by atoms with Crippen molar-refractivity contribution < 1.29 is 9.47 Å². The van der Waals surface area contributed by atoms with Crippen LogP contribution in [0.4, 0.5) is 5.69 Å². The number of nitrogens with one attached hydrogen (secondary N) is 1. The summed E-state index contributed by atoms with van der Waals surface area (Å²) in [6.07, 6.45) is 0. The monoisotopic (exact) mass is 377 g/mol. The van der Waals surface area contributed by atoms with Crippen LogP contribution in [0.2, 0.25) is 0 Å². The first-order valence-electron chi connectivity index (χ1n) is 7.94. The van der Waals surface area contributed by atoms with Gasteiger partial charge in [-0.05, 0) is 68.7 Å². The van der Waals surface area contributed by atoms with Gasteiger partial charge in [0, 0.05) is 16.7 Å². The van der Waals surface area contributed by atoms with Gasteiger partial charge >= 0.3 is 0 Å². The van der Waals surface area contributed by atoms with Crippen molar-refractivity contribution in [2.45, 2.75) is 34.2 Å². The summed E-state index contributed by atoms with van der Waals surface area (Å²) in [5.41, 5.74) is 4.84. The second-order valence-corrected chi connectivity index (χ2v) is 6.26. The van der Waals surface area contributed by atoms with Crippen molar-refractivity contribution in [3.05, 3.63) is 51.5 Å². The van der Waals surface area contributed by atoms with E-state index in [9.17, 15) is 0 Å². The van der Waals surface area contributed by atoms with E-state index in [4.69, 9.17) is 9.47 Å². The van der Waals surface area contributed by atoms with E-state index in [1.165, 1.54) is 11.1 Å². The van der Waals surface area contributed by atoms with Crippen LogP contribution >= 0.6 is 15.9 Å². The highest BCUT2D eigenvalue weighted by molar-refractivity contribution is 9.10. The Hall–Kier alpha value is -1.68. The number of aryl methyl sites for hydroxylation is 2. The quantitative estimate of drug-likeness (QED) is 0.693. The molecule has 0 aliphatic rings. The molecule has 3 nitrogen and oxygen atoms in total. The molecule has 23 heavy (non-hydrogen) atoms. The van der Waals surface area contributed by atoms with Crippen molar-refractivity contribution in [1.29, 1.82) is 0 Å². The van der Waals surface area contributed by atoms with Gasteiger partial charge in [-0.2, -0.15) is 0 Å². The number of anilines is 1. The average molecular weight is 378 g/mol. The third-order valence-corrected chi connectivity index (χ3v) is 4.44. The first-order valence-corrected chi connectivity index (χ1v) is 8.73. The van der Waals surface area contributed by atoms with Gasteiger partial charge < -0.3 is 14.8 Å². The minimum Gasteiger partial charge on any atom is -0.490 e. The smallest absolute Gasteiger partial charge is 0.162 e. The van der Waals surface area contributed by atoms with Crippen molar-refractivity contribution in [3.8, 4) is 11.5 Å². The highest BCUT2D eigenvalue weighted by Crippen LogP contribution is 2.34. The normalized spacial score (nSPS) is 10.5. The van der Waals surface area contributed by atoms with E-state index in [0.717, 1.165) is 33.8 Å². The van der Waals surface area contributed by atoms with E-state index in [1.54, 1.807) is 0 Å². The van der Waals surface area contributed by atoms with Crippen LogP contribution in [-0.4, -0.2) is 13.2 Å². The molecule has 0 atom stereocenters. The number of ether oxygens (including phenoxy) is 2. The summed E-state index contributed by atoms with van der Waals surface area (Å²) in [6.45, 7) is 10.1. The molecular formula is C19H24BrNO2. The lowest BCUT2D eigenvalue weighted by molar-refractivity contribution is 0.287. The molecule has 0 unspecified atom stereocenters. The molecule has 0 saturated carbocycles. The van der Waals surface area contributed by atoms with Crippen LogP contribution < -0.4 is 14.8 Å². The van der Waals surface area contributed by atoms with Crippen molar-refractivity contribution in [2.75, 3.05) is 18.5 Å². The Bertz CT molecular complexity index is 671. The lowest BCUT2D eigenvalue weighted by Crippen LogP contribution is -2.04. The van der Waals surface area contributed by atoms with Gasteiger partial charge in [0.2, 0.25) is 0 Å². The summed E-state index contributed by atoms with van der Waals surface area (Å²) in [7, 11) is 0. The lowest BCUT2D eigenvalue weighted by atomic mass is 10.1. The molecule has 4 heteroatoms. The first kappa shape index (κ1) is 17.7. The van der Waals surface area contributed by atoms with Gasteiger partial charge in [0.25, 0.3) is 0 Å². The number of halogens is 1. The summed E-state index contributed by atoms with van der Waals surface area (Å²) in [4.78, 5) is 0. The molecule has 2 aromatic carbocycles. The van der Waals surface area contributed by atoms with Gasteiger partial charge in [-0.25, -0.2) is 0 Å². The molecule has 2 aromatic rings. The average Bonchev–Trinajstić information content (AvgIpc) is 2.52. The molecular weight excluding hydrogens is 354 g/mol. The Morgan fingerprint density at radius 2 is 1.57 bits per heavy atom. The molecule has 0 radical (unpaired) electrons. The number of rotatable bonds is 7. The second kappa shape index (κ2) is 8.25. The molecule has 124 valence electrons. The van der Waals surface area contributed by atoms with Crippen molar-refractivity contribution in [1.82, 2.24) is 0 Å². The minimum absolute atomic E-state index is 0.617. The second-order valence-electron chi connectivity index (χ2n) is 5.41. The van der Waals surface area contributed by atoms with Crippen LogP contribution in [0.15, 0.2) is 34.8 Å². The fourth-order valence-electron chi connectivity index (χ4n) is 2.30. The summed E-state index contributed by atoms with van der Waals surface area (Å²) >= 11 is 3.63. The number of benzene rings is 2. The van der Waals surface area contributed by atoms with Crippen LogP contribution in [0.25, 0.3) is 0 Å². The first-order chi connectivity index (χ1) is 11.0. The molecule has 0 spiro atoms. The summed E-state index contributed by atoms with van der Waals surface area (Å²) in [5.74, 6) is 1.56. The van der Waals surface area contributed by atoms with Gasteiger partial charge in [0.05, 0.1) is 13.2 Å². The van der Waals surface area contributed by atoms with E-state index in [1.807, 2.05) is 26.0 Å². The lowest BCUT2D eigenvalue weighted by Gasteiger charge is -2.15. The zero-order valence-corrected chi connectivity index (χ0v) is 15.8. The zero-order chi connectivity index (χ0) is 16.8. The van der Waals surface area contributed by atoms with E-state index in [2.05, 4.69) is 53.3 Å². The van der Waals surface area contributed by atoms with Crippen molar-refractivity contribution in [3.63, 3.8) is 0 Å². The van der Waals surface area contributed by atoms with Crippen molar-refractivity contribution >= 4 is 21.6 Å². The Morgan fingerprint density at radius 1 is 0.913 bits per heavy atom. The third kappa shape index (κ3) is 4.64.